The third kappa shape index (κ3) is 3.98. The number of hydrogen-bond donors (Lipinski definition) is 1. The van der Waals surface area contributed by atoms with Gasteiger partial charge in [0.05, 0.1) is 0 Å². The lowest BCUT2D eigenvalue weighted by atomic mass is 10.1. The molecule has 2 nitrogen and oxygen atoms in total. The summed E-state index contributed by atoms with van der Waals surface area (Å²) in [6.45, 7) is 8.72. The molecule has 2 rings (SSSR count). The Morgan fingerprint density at radius 1 is 1.30 bits per heavy atom. The van der Waals surface area contributed by atoms with Crippen LogP contribution < -0.4 is 10.2 Å². The van der Waals surface area contributed by atoms with Gasteiger partial charge in [0.25, 0.3) is 0 Å². The maximum absolute atomic E-state index is 3.64. The fraction of sp³-hybridized carbons (Fsp3) is 0.647. The van der Waals surface area contributed by atoms with Crippen LogP contribution in [0.15, 0.2) is 22.7 Å². The molecule has 3 heteroatoms. The van der Waals surface area contributed by atoms with Gasteiger partial charge in [0, 0.05) is 35.3 Å². The van der Waals surface area contributed by atoms with E-state index in [2.05, 4.69) is 65.1 Å². The van der Waals surface area contributed by atoms with Gasteiger partial charge in [0.15, 0.2) is 0 Å². The Bertz CT molecular complexity index is 425. The minimum Gasteiger partial charge on any atom is -0.369 e. The Kier molecular flexibility index (Phi) is 5.91. The largest absolute Gasteiger partial charge is 0.369 e. The Morgan fingerprint density at radius 2 is 2.00 bits per heavy atom. The highest BCUT2D eigenvalue weighted by Crippen LogP contribution is 2.32. The number of hydrogen-bond acceptors (Lipinski definition) is 2. The molecule has 1 aliphatic rings. The van der Waals surface area contributed by atoms with Crippen LogP contribution in [0.1, 0.15) is 52.0 Å². The Balaban J connectivity index is 2.23. The van der Waals surface area contributed by atoms with E-state index in [1.807, 2.05) is 0 Å². The monoisotopic (exact) mass is 338 g/mol. The molecule has 1 aromatic carbocycles. The third-order valence-corrected chi connectivity index (χ3v) is 4.66. The van der Waals surface area contributed by atoms with E-state index in [-0.39, 0.29) is 0 Å². The summed E-state index contributed by atoms with van der Waals surface area (Å²) in [4.78, 5) is 2.61. The van der Waals surface area contributed by atoms with Crippen molar-refractivity contribution in [3.8, 4) is 0 Å². The number of halogens is 1. The highest BCUT2D eigenvalue weighted by molar-refractivity contribution is 9.10. The second-order valence-electron chi connectivity index (χ2n) is 6.03. The standard InChI is InChI=1S/C17H27BrN2/c1-4-20(16-7-5-6-8-16)17-11-15(18)10-9-14(17)12-19-13(2)3/h9-11,13,16,19H,4-8,12H2,1-3H3. The summed E-state index contributed by atoms with van der Waals surface area (Å²) >= 11 is 3.64. The number of rotatable bonds is 6. The van der Waals surface area contributed by atoms with Gasteiger partial charge in [0.1, 0.15) is 0 Å². The topological polar surface area (TPSA) is 15.3 Å². The van der Waals surface area contributed by atoms with E-state index >= 15 is 0 Å². The highest BCUT2D eigenvalue weighted by atomic mass is 79.9. The van der Waals surface area contributed by atoms with Crippen LogP contribution in [0.25, 0.3) is 0 Å². The zero-order valence-corrected chi connectivity index (χ0v) is 14.5. The van der Waals surface area contributed by atoms with E-state index in [0.29, 0.717) is 6.04 Å². The zero-order valence-electron chi connectivity index (χ0n) is 13.0. The predicted molar refractivity (Wildman–Crippen MR) is 91.4 cm³/mol. The van der Waals surface area contributed by atoms with Crippen LogP contribution in [-0.2, 0) is 6.54 Å². The molecule has 1 N–H and O–H groups in total. The first kappa shape index (κ1) is 15.8. The van der Waals surface area contributed by atoms with Gasteiger partial charge in [-0.3, -0.25) is 0 Å². The molecular formula is C17H27BrN2. The molecule has 0 bridgehead atoms. The summed E-state index contributed by atoms with van der Waals surface area (Å²) in [5.74, 6) is 0. The van der Waals surface area contributed by atoms with Crippen molar-refractivity contribution in [3.63, 3.8) is 0 Å². The van der Waals surface area contributed by atoms with Crippen molar-refractivity contribution in [2.45, 2.75) is 65.1 Å². The first-order valence-electron chi connectivity index (χ1n) is 7.90. The molecule has 0 atom stereocenters. The second-order valence-corrected chi connectivity index (χ2v) is 6.95. The molecule has 0 spiro atoms. The van der Waals surface area contributed by atoms with Gasteiger partial charge in [-0.1, -0.05) is 48.7 Å². The maximum Gasteiger partial charge on any atom is 0.0425 e. The summed E-state index contributed by atoms with van der Waals surface area (Å²) < 4.78 is 1.18. The average molecular weight is 339 g/mol. The van der Waals surface area contributed by atoms with Gasteiger partial charge < -0.3 is 10.2 Å². The van der Waals surface area contributed by atoms with Crippen molar-refractivity contribution < 1.29 is 0 Å². The van der Waals surface area contributed by atoms with Crippen LogP contribution in [-0.4, -0.2) is 18.6 Å². The Hall–Kier alpha value is -0.540. The zero-order chi connectivity index (χ0) is 14.5. The van der Waals surface area contributed by atoms with Crippen LogP contribution in [0.2, 0.25) is 0 Å². The normalized spacial score (nSPS) is 16.1. The molecule has 1 saturated carbocycles. The smallest absolute Gasteiger partial charge is 0.0425 e. The van der Waals surface area contributed by atoms with Crippen molar-refractivity contribution in [2.75, 3.05) is 11.4 Å². The van der Waals surface area contributed by atoms with Crippen molar-refractivity contribution in [3.05, 3.63) is 28.2 Å². The van der Waals surface area contributed by atoms with E-state index in [4.69, 9.17) is 0 Å². The second kappa shape index (κ2) is 7.46. The van der Waals surface area contributed by atoms with Gasteiger partial charge in [-0.05, 0) is 37.5 Å². The predicted octanol–water partition coefficient (Wildman–Crippen LogP) is 4.72. The Morgan fingerprint density at radius 3 is 2.60 bits per heavy atom. The molecule has 0 radical (unpaired) electrons. The molecule has 0 amide bonds. The minimum atomic E-state index is 0.521. The van der Waals surface area contributed by atoms with Crippen LogP contribution in [0.3, 0.4) is 0 Å². The van der Waals surface area contributed by atoms with E-state index in [1.54, 1.807) is 0 Å². The first-order chi connectivity index (χ1) is 9.61. The molecule has 0 saturated heterocycles. The minimum absolute atomic E-state index is 0.521. The molecule has 0 aliphatic heterocycles. The molecular weight excluding hydrogens is 312 g/mol. The molecule has 1 aliphatic carbocycles. The molecule has 0 heterocycles. The van der Waals surface area contributed by atoms with Crippen LogP contribution in [0.5, 0.6) is 0 Å². The molecule has 1 aromatic rings. The molecule has 1 fully saturated rings. The van der Waals surface area contributed by atoms with E-state index in [0.717, 1.165) is 19.1 Å². The molecule has 20 heavy (non-hydrogen) atoms. The van der Waals surface area contributed by atoms with Crippen LogP contribution >= 0.6 is 15.9 Å². The molecule has 112 valence electrons. The van der Waals surface area contributed by atoms with Crippen molar-refractivity contribution in [2.24, 2.45) is 0 Å². The van der Waals surface area contributed by atoms with Gasteiger partial charge in [-0.15, -0.1) is 0 Å². The van der Waals surface area contributed by atoms with Crippen LogP contribution in [0.4, 0.5) is 5.69 Å². The van der Waals surface area contributed by atoms with Crippen molar-refractivity contribution in [1.82, 2.24) is 5.32 Å². The Labute approximate surface area is 132 Å². The van der Waals surface area contributed by atoms with Crippen molar-refractivity contribution in [1.29, 1.82) is 0 Å². The quantitative estimate of drug-likeness (QED) is 0.807. The van der Waals surface area contributed by atoms with Gasteiger partial charge in [-0.2, -0.15) is 0 Å². The van der Waals surface area contributed by atoms with Gasteiger partial charge >= 0.3 is 0 Å². The summed E-state index contributed by atoms with van der Waals surface area (Å²) in [5.41, 5.74) is 2.82. The number of nitrogens with zero attached hydrogens (tertiary/aromatic N) is 1. The van der Waals surface area contributed by atoms with Crippen molar-refractivity contribution >= 4 is 21.6 Å². The molecule has 0 aromatic heterocycles. The lowest BCUT2D eigenvalue weighted by Crippen LogP contribution is -2.34. The lowest BCUT2D eigenvalue weighted by Gasteiger charge is -2.32. The summed E-state index contributed by atoms with van der Waals surface area (Å²) in [5, 5.41) is 3.55. The fourth-order valence-corrected chi connectivity index (χ4v) is 3.46. The lowest BCUT2D eigenvalue weighted by molar-refractivity contribution is 0.580. The van der Waals surface area contributed by atoms with Gasteiger partial charge in [-0.25, -0.2) is 0 Å². The number of nitrogens with one attached hydrogen (secondary N) is 1. The first-order valence-corrected chi connectivity index (χ1v) is 8.69. The number of benzene rings is 1. The third-order valence-electron chi connectivity index (χ3n) is 4.16. The number of anilines is 1. The van der Waals surface area contributed by atoms with Gasteiger partial charge in [0.2, 0.25) is 0 Å². The van der Waals surface area contributed by atoms with Crippen LogP contribution in [0, 0.1) is 0 Å². The molecule has 0 unspecified atom stereocenters. The SMILES string of the molecule is CCN(c1cc(Br)ccc1CNC(C)C)C1CCCC1. The van der Waals surface area contributed by atoms with E-state index in [9.17, 15) is 0 Å². The fourth-order valence-electron chi connectivity index (χ4n) is 3.11. The van der Waals surface area contributed by atoms with E-state index in [1.165, 1.54) is 41.4 Å². The van der Waals surface area contributed by atoms with E-state index < -0.39 is 0 Å². The summed E-state index contributed by atoms with van der Waals surface area (Å²) in [6, 6.07) is 7.95. The highest BCUT2D eigenvalue weighted by Gasteiger charge is 2.23. The summed E-state index contributed by atoms with van der Waals surface area (Å²) in [6.07, 6.45) is 5.46. The maximum atomic E-state index is 3.64. The summed E-state index contributed by atoms with van der Waals surface area (Å²) in [7, 11) is 0. The average Bonchev–Trinajstić information content (AvgIpc) is 2.92.